The molecule has 0 aromatic rings. The monoisotopic (exact) mass is 425 g/mol. The number of nitrogens with zero attached hydrogens (tertiary/aromatic N) is 2. The Labute approximate surface area is 151 Å². The zero-order valence-electron chi connectivity index (χ0n) is 14.0. The number of aliphatic hydroxyl groups is 1. The van der Waals surface area contributed by atoms with Crippen LogP contribution in [0.4, 0.5) is 0 Å². The van der Waals surface area contributed by atoms with Crippen LogP contribution in [0.1, 0.15) is 46.0 Å². The van der Waals surface area contributed by atoms with E-state index in [0.717, 1.165) is 70.9 Å². The Kier molecular flexibility index (Phi) is 9.01. The third-order valence-electron chi connectivity index (χ3n) is 4.54. The van der Waals surface area contributed by atoms with Gasteiger partial charge in [-0.1, -0.05) is 12.8 Å². The van der Waals surface area contributed by atoms with Gasteiger partial charge in [0.2, 0.25) is 0 Å². The number of hydrogen-bond donors (Lipinski definition) is 2. The van der Waals surface area contributed by atoms with E-state index in [0.29, 0.717) is 12.5 Å². The van der Waals surface area contributed by atoms with Crippen molar-refractivity contribution in [2.75, 3.05) is 39.4 Å². The topological polar surface area (TPSA) is 57.1 Å². The molecule has 2 N–H and O–H groups in total. The van der Waals surface area contributed by atoms with E-state index in [1.807, 2.05) is 6.92 Å². The number of halogens is 1. The van der Waals surface area contributed by atoms with Crippen LogP contribution in [0, 0.1) is 5.92 Å². The van der Waals surface area contributed by atoms with Gasteiger partial charge >= 0.3 is 0 Å². The van der Waals surface area contributed by atoms with Gasteiger partial charge in [0.25, 0.3) is 0 Å². The average Bonchev–Trinajstić information content (AvgIpc) is 3.11. The van der Waals surface area contributed by atoms with E-state index in [-0.39, 0.29) is 24.0 Å². The molecule has 1 saturated carbocycles. The maximum Gasteiger partial charge on any atom is 0.194 e. The van der Waals surface area contributed by atoms with Crippen molar-refractivity contribution in [3.05, 3.63) is 0 Å². The molecule has 2 aliphatic rings. The lowest BCUT2D eigenvalue weighted by atomic mass is 10.0. The number of hydrogen-bond acceptors (Lipinski definition) is 3. The van der Waals surface area contributed by atoms with Crippen LogP contribution in [-0.4, -0.2) is 61.0 Å². The lowest BCUT2D eigenvalue weighted by molar-refractivity contribution is 0.0571. The minimum absolute atomic E-state index is 0. The van der Waals surface area contributed by atoms with Gasteiger partial charge in [0, 0.05) is 32.2 Å². The number of aliphatic imine (C=N–C) groups is 1. The third kappa shape index (κ3) is 5.85. The standard InChI is InChI=1S/C16H31N3O2.HI/c1-3-17-15(18-13-16(20)8-5-6-9-16)19-10-7-14(11-19)12-21-4-2;/h14,20H,3-13H2,1-2H3,(H,17,18);1H. The fourth-order valence-electron chi connectivity index (χ4n) is 3.28. The molecule has 1 unspecified atom stereocenters. The van der Waals surface area contributed by atoms with E-state index in [9.17, 15) is 5.11 Å². The zero-order chi connectivity index (χ0) is 15.1. The quantitative estimate of drug-likeness (QED) is 0.390. The highest BCUT2D eigenvalue weighted by atomic mass is 127. The number of rotatable bonds is 6. The van der Waals surface area contributed by atoms with Crippen molar-refractivity contribution in [2.24, 2.45) is 10.9 Å². The van der Waals surface area contributed by atoms with Gasteiger partial charge in [-0.2, -0.15) is 0 Å². The summed E-state index contributed by atoms with van der Waals surface area (Å²) in [6, 6.07) is 0. The van der Waals surface area contributed by atoms with Gasteiger partial charge in [0.15, 0.2) is 5.96 Å². The van der Waals surface area contributed by atoms with E-state index < -0.39 is 5.60 Å². The molecule has 1 aliphatic carbocycles. The minimum Gasteiger partial charge on any atom is -0.388 e. The second-order valence-electron chi connectivity index (χ2n) is 6.36. The molecule has 0 aromatic heterocycles. The zero-order valence-corrected chi connectivity index (χ0v) is 16.3. The van der Waals surface area contributed by atoms with Crippen molar-refractivity contribution in [3.8, 4) is 0 Å². The molecule has 1 heterocycles. The first-order valence-electron chi connectivity index (χ1n) is 8.50. The molecule has 1 atom stereocenters. The lowest BCUT2D eigenvalue weighted by Crippen LogP contribution is -2.41. The van der Waals surface area contributed by atoms with E-state index in [2.05, 4.69) is 17.1 Å². The average molecular weight is 425 g/mol. The largest absolute Gasteiger partial charge is 0.388 e. The molecule has 0 amide bonds. The molecular weight excluding hydrogens is 393 g/mol. The summed E-state index contributed by atoms with van der Waals surface area (Å²) in [4.78, 5) is 7.02. The maximum absolute atomic E-state index is 10.4. The van der Waals surface area contributed by atoms with Crippen LogP contribution >= 0.6 is 24.0 Å². The van der Waals surface area contributed by atoms with Crippen LogP contribution in [0.2, 0.25) is 0 Å². The number of guanidine groups is 1. The normalized spacial score (nSPS) is 24.4. The molecule has 130 valence electrons. The van der Waals surface area contributed by atoms with Gasteiger partial charge in [-0.15, -0.1) is 24.0 Å². The molecule has 1 aliphatic heterocycles. The van der Waals surface area contributed by atoms with Crippen LogP contribution in [0.25, 0.3) is 0 Å². The number of ether oxygens (including phenoxy) is 1. The van der Waals surface area contributed by atoms with E-state index in [4.69, 9.17) is 9.73 Å². The molecule has 0 radical (unpaired) electrons. The third-order valence-corrected chi connectivity index (χ3v) is 4.54. The molecular formula is C16H32IN3O2. The summed E-state index contributed by atoms with van der Waals surface area (Å²) in [6.45, 7) is 9.19. The first-order chi connectivity index (χ1) is 10.2. The summed E-state index contributed by atoms with van der Waals surface area (Å²) >= 11 is 0. The maximum atomic E-state index is 10.4. The van der Waals surface area contributed by atoms with Crippen LogP contribution in [0.15, 0.2) is 4.99 Å². The van der Waals surface area contributed by atoms with Gasteiger partial charge < -0.3 is 20.1 Å². The predicted octanol–water partition coefficient (Wildman–Crippen LogP) is 2.23. The van der Waals surface area contributed by atoms with Crippen LogP contribution < -0.4 is 5.32 Å². The van der Waals surface area contributed by atoms with E-state index >= 15 is 0 Å². The Morgan fingerprint density at radius 3 is 2.73 bits per heavy atom. The Hall–Kier alpha value is -0.0800. The van der Waals surface area contributed by atoms with Gasteiger partial charge in [-0.05, 0) is 33.1 Å². The smallest absolute Gasteiger partial charge is 0.194 e. The van der Waals surface area contributed by atoms with Crippen LogP contribution in [-0.2, 0) is 4.74 Å². The Balaban J connectivity index is 0.00000242. The molecule has 6 heteroatoms. The summed E-state index contributed by atoms with van der Waals surface area (Å²) in [5.74, 6) is 1.56. The highest BCUT2D eigenvalue weighted by molar-refractivity contribution is 14.0. The molecule has 0 aromatic carbocycles. The summed E-state index contributed by atoms with van der Waals surface area (Å²) in [5.41, 5.74) is -0.564. The lowest BCUT2D eigenvalue weighted by Gasteiger charge is -2.24. The fraction of sp³-hybridized carbons (Fsp3) is 0.938. The van der Waals surface area contributed by atoms with Gasteiger partial charge in [0.1, 0.15) is 0 Å². The highest BCUT2D eigenvalue weighted by Crippen LogP contribution is 2.29. The minimum atomic E-state index is -0.564. The van der Waals surface area contributed by atoms with Crippen LogP contribution in [0.5, 0.6) is 0 Å². The van der Waals surface area contributed by atoms with Crippen molar-refractivity contribution >= 4 is 29.9 Å². The highest BCUT2D eigenvalue weighted by Gasteiger charge is 2.31. The Morgan fingerprint density at radius 2 is 2.09 bits per heavy atom. The molecule has 0 bridgehead atoms. The Morgan fingerprint density at radius 1 is 1.36 bits per heavy atom. The molecule has 5 nitrogen and oxygen atoms in total. The van der Waals surface area contributed by atoms with Crippen molar-refractivity contribution in [1.82, 2.24) is 10.2 Å². The molecule has 2 rings (SSSR count). The van der Waals surface area contributed by atoms with Crippen molar-refractivity contribution in [1.29, 1.82) is 0 Å². The predicted molar refractivity (Wildman–Crippen MR) is 101 cm³/mol. The SMILES string of the molecule is CCNC(=NCC1(O)CCCC1)N1CCC(COCC)C1.I. The summed E-state index contributed by atoms with van der Waals surface area (Å²) in [5, 5.41) is 13.8. The number of nitrogens with one attached hydrogen (secondary N) is 1. The van der Waals surface area contributed by atoms with E-state index in [1.165, 1.54) is 0 Å². The van der Waals surface area contributed by atoms with Gasteiger partial charge in [-0.3, -0.25) is 4.99 Å². The molecule has 2 fully saturated rings. The summed E-state index contributed by atoms with van der Waals surface area (Å²) < 4.78 is 5.54. The first kappa shape index (κ1) is 20.0. The Bertz CT molecular complexity index is 346. The first-order valence-corrected chi connectivity index (χ1v) is 8.50. The summed E-state index contributed by atoms with van der Waals surface area (Å²) in [7, 11) is 0. The molecule has 1 saturated heterocycles. The van der Waals surface area contributed by atoms with Crippen molar-refractivity contribution in [3.63, 3.8) is 0 Å². The molecule has 0 spiro atoms. The van der Waals surface area contributed by atoms with Gasteiger partial charge in [0.05, 0.1) is 18.8 Å². The van der Waals surface area contributed by atoms with Crippen molar-refractivity contribution in [2.45, 2.75) is 51.6 Å². The van der Waals surface area contributed by atoms with Gasteiger partial charge in [-0.25, -0.2) is 0 Å². The summed E-state index contributed by atoms with van der Waals surface area (Å²) in [6.07, 6.45) is 5.20. The van der Waals surface area contributed by atoms with E-state index in [1.54, 1.807) is 0 Å². The fourth-order valence-corrected chi connectivity index (χ4v) is 3.28. The second kappa shape index (κ2) is 9.93. The number of likely N-dealkylation sites (tertiary alicyclic amines) is 1. The van der Waals surface area contributed by atoms with Crippen molar-refractivity contribution < 1.29 is 9.84 Å². The van der Waals surface area contributed by atoms with Crippen LogP contribution in [0.3, 0.4) is 0 Å². The second-order valence-corrected chi connectivity index (χ2v) is 6.36. The molecule has 22 heavy (non-hydrogen) atoms.